The van der Waals surface area contributed by atoms with Gasteiger partial charge in [-0.2, -0.15) is 0 Å². The molecule has 2 unspecified atom stereocenters. The van der Waals surface area contributed by atoms with E-state index in [4.69, 9.17) is 10.8 Å². The molecule has 0 bridgehead atoms. The van der Waals surface area contributed by atoms with Crippen LogP contribution in [0.25, 0.3) is 0 Å². The standard InChI is InChI=1S/C12H18N2O/c1-7-3-4-8(2)12-11(7)9(5-14-12)10(13)6-15/h3-4,9-10,14-15H,5-6,13H2,1-2H3. The summed E-state index contributed by atoms with van der Waals surface area (Å²) in [6, 6.07) is 4.07. The minimum atomic E-state index is -0.167. The van der Waals surface area contributed by atoms with E-state index in [1.807, 2.05) is 0 Å². The average molecular weight is 206 g/mol. The fourth-order valence-electron chi connectivity index (χ4n) is 2.35. The van der Waals surface area contributed by atoms with Crippen LogP contribution in [0.2, 0.25) is 0 Å². The highest BCUT2D eigenvalue weighted by atomic mass is 16.3. The van der Waals surface area contributed by atoms with Crippen LogP contribution in [0.4, 0.5) is 5.69 Å². The predicted molar refractivity (Wildman–Crippen MR) is 62.2 cm³/mol. The molecule has 2 atom stereocenters. The van der Waals surface area contributed by atoms with Crippen LogP contribution in [-0.4, -0.2) is 24.3 Å². The number of fused-ring (bicyclic) bond motifs is 1. The van der Waals surface area contributed by atoms with Crippen molar-refractivity contribution in [2.75, 3.05) is 18.5 Å². The topological polar surface area (TPSA) is 58.3 Å². The highest BCUT2D eigenvalue weighted by molar-refractivity contribution is 5.65. The largest absolute Gasteiger partial charge is 0.395 e. The number of hydrogen-bond donors (Lipinski definition) is 3. The number of hydrogen-bond acceptors (Lipinski definition) is 3. The highest BCUT2D eigenvalue weighted by Crippen LogP contribution is 2.37. The summed E-state index contributed by atoms with van der Waals surface area (Å²) < 4.78 is 0. The maximum Gasteiger partial charge on any atom is 0.0589 e. The lowest BCUT2D eigenvalue weighted by Crippen LogP contribution is -2.33. The Morgan fingerprint density at radius 1 is 1.47 bits per heavy atom. The first kappa shape index (κ1) is 10.5. The smallest absolute Gasteiger partial charge is 0.0589 e. The molecule has 0 radical (unpaired) electrons. The average Bonchev–Trinajstić information content (AvgIpc) is 2.68. The van der Waals surface area contributed by atoms with Crippen LogP contribution < -0.4 is 11.1 Å². The molecule has 0 saturated carbocycles. The van der Waals surface area contributed by atoms with Crippen LogP contribution in [-0.2, 0) is 0 Å². The first-order chi connectivity index (χ1) is 7.15. The monoisotopic (exact) mass is 206 g/mol. The molecule has 1 aromatic rings. The molecule has 0 amide bonds. The second kappa shape index (κ2) is 3.83. The first-order valence-corrected chi connectivity index (χ1v) is 5.35. The van der Waals surface area contributed by atoms with Crippen molar-refractivity contribution < 1.29 is 5.11 Å². The van der Waals surface area contributed by atoms with Crippen molar-refractivity contribution in [3.63, 3.8) is 0 Å². The summed E-state index contributed by atoms with van der Waals surface area (Å²) in [7, 11) is 0. The molecule has 0 spiro atoms. The Bertz CT molecular complexity index is 376. The lowest BCUT2D eigenvalue weighted by atomic mass is 9.90. The van der Waals surface area contributed by atoms with Crippen molar-refractivity contribution in [1.29, 1.82) is 0 Å². The predicted octanol–water partition coefficient (Wildman–Crippen LogP) is 1.13. The van der Waals surface area contributed by atoms with Gasteiger partial charge in [-0.1, -0.05) is 12.1 Å². The van der Waals surface area contributed by atoms with Crippen molar-refractivity contribution in [2.45, 2.75) is 25.8 Å². The van der Waals surface area contributed by atoms with Gasteiger partial charge in [0.2, 0.25) is 0 Å². The van der Waals surface area contributed by atoms with Gasteiger partial charge in [-0.3, -0.25) is 0 Å². The van der Waals surface area contributed by atoms with E-state index in [1.54, 1.807) is 0 Å². The van der Waals surface area contributed by atoms with E-state index in [1.165, 1.54) is 22.4 Å². The molecular formula is C12H18N2O. The van der Waals surface area contributed by atoms with E-state index in [0.717, 1.165) is 6.54 Å². The molecule has 1 aliphatic rings. The zero-order valence-corrected chi connectivity index (χ0v) is 9.25. The third kappa shape index (κ3) is 1.62. The highest BCUT2D eigenvalue weighted by Gasteiger charge is 2.29. The Morgan fingerprint density at radius 2 is 2.13 bits per heavy atom. The summed E-state index contributed by atoms with van der Waals surface area (Å²) in [6.07, 6.45) is 0. The van der Waals surface area contributed by atoms with Crippen molar-refractivity contribution in [2.24, 2.45) is 5.73 Å². The third-order valence-corrected chi connectivity index (χ3v) is 3.27. The summed E-state index contributed by atoms with van der Waals surface area (Å²) in [6.45, 7) is 5.07. The molecule has 1 aliphatic heterocycles. The lowest BCUT2D eigenvalue weighted by molar-refractivity contribution is 0.252. The van der Waals surface area contributed by atoms with Gasteiger partial charge in [-0.25, -0.2) is 0 Å². The maximum absolute atomic E-state index is 9.13. The second-order valence-corrected chi connectivity index (χ2v) is 4.32. The van der Waals surface area contributed by atoms with Gasteiger partial charge >= 0.3 is 0 Å². The van der Waals surface area contributed by atoms with Gasteiger partial charge in [-0.05, 0) is 30.5 Å². The fourth-order valence-corrected chi connectivity index (χ4v) is 2.35. The van der Waals surface area contributed by atoms with E-state index < -0.39 is 0 Å². The lowest BCUT2D eigenvalue weighted by Gasteiger charge is -2.18. The summed E-state index contributed by atoms with van der Waals surface area (Å²) in [5.41, 5.74) is 10.9. The molecule has 0 aliphatic carbocycles. The van der Waals surface area contributed by atoms with Crippen LogP contribution >= 0.6 is 0 Å². The van der Waals surface area contributed by atoms with Gasteiger partial charge in [0.25, 0.3) is 0 Å². The zero-order valence-electron chi connectivity index (χ0n) is 9.25. The first-order valence-electron chi connectivity index (χ1n) is 5.35. The Labute approximate surface area is 90.3 Å². The molecular weight excluding hydrogens is 188 g/mol. The van der Waals surface area contributed by atoms with Gasteiger partial charge in [0.15, 0.2) is 0 Å². The molecule has 0 saturated heterocycles. The summed E-state index contributed by atoms with van der Waals surface area (Å²) in [4.78, 5) is 0. The van der Waals surface area contributed by atoms with E-state index in [-0.39, 0.29) is 18.6 Å². The van der Waals surface area contributed by atoms with E-state index >= 15 is 0 Å². The number of nitrogens with one attached hydrogen (secondary N) is 1. The zero-order chi connectivity index (χ0) is 11.0. The van der Waals surface area contributed by atoms with Crippen LogP contribution in [0.1, 0.15) is 22.6 Å². The minimum absolute atomic E-state index is 0.0408. The molecule has 15 heavy (non-hydrogen) atoms. The Kier molecular flexibility index (Phi) is 2.67. The summed E-state index contributed by atoms with van der Waals surface area (Å²) in [5.74, 6) is 0.241. The van der Waals surface area contributed by atoms with Gasteiger partial charge < -0.3 is 16.2 Å². The van der Waals surface area contributed by atoms with Crippen molar-refractivity contribution in [1.82, 2.24) is 0 Å². The maximum atomic E-state index is 9.13. The third-order valence-electron chi connectivity index (χ3n) is 3.27. The number of anilines is 1. The number of nitrogens with two attached hydrogens (primary N) is 1. The van der Waals surface area contributed by atoms with Gasteiger partial charge in [0.05, 0.1) is 6.61 Å². The SMILES string of the molecule is Cc1ccc(C)c2c1NCC2C(N)CO. The van der Waals surface area contributed by atoms with E-state index in [0.29, 0.717) is 0 Å². The second-order valence-electron chi connectivity index (χ2n) is 4.32. The van der Waals surface area contributed by atoms with Crippen LogP contribution in [0.5, 0.6) is 0 Å². The molecule has 3 heteroatoms. The molecule has 3 nitrogen and oxygen atoms in total. The number of aliphatic hydroxyl groups is 1. The molecule has 0 fully saturated rings. The van der Waals surface area contributed by atoms with Crippen molar-refractivity contribution in [3.8, 4) is 0 Å². The van der Waals surface area contributed by atoms with Crippen LogP contribution in [0.3, 0.4) is 0 Å². The van der Waals surface area contributed by atoms with Crippen LogP contribution in [0.15, 0.2) is 12.1 Å². The number of rotatable bonds is 2. The van der Waals surface area contributed by atoms with Gasteiger partial charge in [-0.15, -0.1) is 0 Å². The Balaban J connectivity index is 2.45. The van der Waals surface area contributed by atoms with Crippen LogP contribution in [0, 0.1) is 13.8 Å². The number of aryl methyl sites for hydroxylation is 2. The van der Waals surface area contributed by atoms with E-state index in [9.17, 15) is 0 Å². The Morgan fingerprint density at radius 3 is 2.80 bits per heavy atom. The Hall–Kier alpha value is -1.06. The normalized spacial score (nSPS) is 20.9. The van der Waals surface area contributed by atoms with Gasteiger partial charge in [0.1, 0.15) is 0 Å². The van der Waals surface area contributed by atoms with Gasteiger partial charge in [0, 0.05) is 24.2 Å². The molecule has 1 aromatic carbocycles. The summed E-state index contributed by atoms with van der Waals surface area (Å²) in [5, 5.41) is 12.5. The number of benzene rings is 1. The summed E-state index contributed by atoms with van der Waals surface area (Å²) >= 11 is 0. The quantitative estimate of drug-likeness (QED) is 0.680. The molecule has 4 N–H and O–H groups in total. The van der Waals surface area contributed by atoms with Crippen molar-refractivity contribution in [3.05, 3.63) is 28.8 Å². The molecule has 82 valence electrons. The number of aliphatic hydroxyl groups excluding tert-OH is 1. The van der Waals surface area contributed by atoms with E-state index in [2.05, 4.69) is 31.3 Å². The minimum Gasteiger partial charge on any atom is -0.395 e. The fraction of sp³-hybridized carbons (Fsp3) is 0.500. The molecule has 0 aromatic heterocycles. The van der Waals surface area contributed by atoms with Crippen molar-refractivity contribution >= 4 is 5.69 Å². The molecule has 2 rings (SSSR count). The molecule has 1 heterocycles.